The third-order valence-corrected chi connectivity index (χ3v) is 2.65. The Morgan fingerprint density at radius 1 is 1.40 bits per heavy atom. The van der Waals surface area contributed by atoms with Crippen LogP contribution in [0.1, 0.15) is 6.42 Å². The molecule has 0 spiro atoms. The van der Waals surface area contributed by atoms with E-state index in [9.17, 15) is 4.79 Å². The summed E-state index contributed by atoms with van der Waals surface area (Å²) in [6.45, 7) is 0.237. The van der Waals surface area contributed by atoms with E-state index in [-0.39, 0.29) is 32.2 Å². The van der Waals surface area contributed by atoms with Gasteiger partial charge in [-0.15, -0.1) is 0 Å². The molecule has 0 heterocycles. The van der Waals surface area contributed by atoms with Gasteiger partial charge in [0.2, 0.25) is 5.91 Å². The summed E-state index contributed by atoms with van der Waals surface area (Å²) in [6, 6.07) is -0.532. The van der Waals surface area contributed by atoms with Gasteiger partial charge in [0.1, 0.15) is 0 Å². The SMILES string of the molecule is CSCC[C@H](N)C(=O)N(CCO)CCO. The van der Waals surface area contributed by atoms with E-state index < -0.39 is 6.04 Å². The number of rotatable bonds is 8. The van der Waals surface area contributed by atoms with E-state index in [1.165, 1.54) is 4.90 Å². The Bertz CT molecular complexity index is 175. The molecular weight excluding hydrogens is 216 g/mol. The molecule has 0 aliphatic heterocycles. The van der Waals surface area contributed by atoms with Crippen molar-refractivity contribution >= 4 is 17.7 Å². The van der Waals surface area contributed by atoms with Crippen LogP contribution in [0.15, 0.2) is 0 Å². The maximum Gasteiger partial charge on any atom is 0.239 e. The van der Waals surface area contributed by atoms with Crippen molar-refractivity contribution in [2.45, 2.75) is 12.5 Å². The number of thioether (sulfide) groups is 1. The third-order valence-electron chi connectivity index (χ3n) is 2.00. The van der Waals surface area contributed by atoms with E-state index in [0.717, 1.165) is 5.75 Å². The minimum atomic E-state index is -0.532. The summed E-state index contributed by atoms with van der Waals surface area (Å²) >= 11 is 1.64. The number of hydrogen-bond acceptors (Lipinski definition) is 5. The first-order valence-corrected chi connectivity index (χ1v) is 6.31. The molecule has 0 unspecified atom stereocenters. The van der Waals surface area contributed by atoms with Crippen LogP contribution in [0.3, 0.4) is 0 Å². The fourth-order valence-corrected chi connectivity index (χ4v) is 1.67. The van der Waals surface area contributed by atoms with E-state index in [1.807, 2.05) is 6.26 Å². The Morgan fingerprint density at radius 2 is 1.93 bits per heavy atom. The number of carbonyl (C=O) groups excluding carboxylic acids is 1. The smallest absolute Gasteiger partial charge is 0.239 e. The second-order valence-corrected chi connectivity index (χ2v) is 4.15. The van der Waals surface area contributed by atoms with E-state index in [0.29, 0.717) is 6.42 Å². The van der Waals surface area contributed by atoms with Gasteiger partial charge in [-0.05, 0) is 18.4 Å². The molecule has 0 radical (unpaired) electrons. The summed E-state index contributed by atoms with van der Waals surface area (Å²) in [5.41, 5.74) is 5.70. The highest BCUT2D eigenvalue weighted by molar-refractivity contribution is 7.98. The molecule has 0 aliphatic rings. The van der Waals surface area contributed by atoms with E-state index in [4.69, 9.17) is 15.9 Å². The highest BCUT2D eigenvalue weighted by Crippen LogP contribution is 2.02. The molecule has 4 N–H and O–H groups in total. The van der Waals surface area contributed by atoms with Crippen molar-refractivity contribution < 1.29 is 15.0 Å². The number of aliphatic hydroxyl groups excluding tert-OH is 2. The molecule has 0 aromatic heterocycles. The first kappa shape index (κ1) is 14.7. The van der Waals surface area contributed by atoms with Crippen molar-refractivity contribution in [3.8, 4) is 0 Å². The molecule has 0 aliphatic carbocycles. The lowest BCUT2D eigenvalue weighted by atomic mass is 10.2. The van der Waals surface area contributed by atoms with Crippen molar-refractivity contribution in [1.29, 1.82) is 0 Å². The molecule has 6 heteroatoms. The molecule has 0 rings (SSSR count). The van der Waals surface area contributed by atoms with Gasteiger partial charge in [-0.2, -0.15) is 11.8 Å². The summed E-state index contributed by atoms with van der Waals surface area (Å²) in [5.74, 6) is 0.631. The van der Waals surface area contributed by atoms with Crippen LogP contribution in [0.4, 0.5) is 0 Å². The maximum absolute atomic E-state index is 11.7. The molecule has 1 amide bonds. The first-order chi connectivity index (χ1) is 7.17. The van der Waals surface area contributed by atoms with Crippen LogP contribution in [0.2, 0.25) is 0 Å². The van der Waals surface area contributed by atoms with Gasteiger partial charge in [0.25, 0.3) is 0 Å². The van der Waals surface area contributed by atoms with Crippen LogP contribution < -0.4 is 5.73 Å². The fourth-order valence-electron chi connectivity index (χ4n) is 1.18. The number of hydrogen-bond donors (Lipinski definition) is 3. The monoisotopic (exact) mass is 236 g/mol. The number of amides is 1. The minimum absolute atomic E-state index is 0.110. The number of carbonyl (C=O) groups is 1. The van der Waals surface area contributed by atoms with Crippen molar-refractivity contribution in [2.75, 3.05) is 38.3 Å². The molecule has 1 atom stereocenters. The highest BCUT2D eigenvalue weighted by atomic mass is 32.2. The van der Waals surface area contributed by atoms with Crippen molar-refractivity contribution in [2.24, 2.45) is 5.73 Å². The van der Waals surface area contributed by atoms with Crippen LogP contribution >= 0.6 is 11.8 Å². The molecule has 15 heavy (non-hydrogen) atoms. The Labute approximate surface area is 94.6 Å². The number of aliphatic hydroxyl groups is 2. The zero-order valence-corrected chi connectivity index (χ0v) is 9.87. The number of nitrogens with zero attached hydrogens (tertiary/aromatic N) is 1. The molecule has 0 saturated heterocycles. The predicted octanol–water partition coefficient (Wildman–Crippen LogP) is -1.12. The molecular formula is C9H20N2O3S. The summed E-state index contributed by atoms with van der Waals surface area (Å²) in [5, 5.41) is 17.5. The van der Waals surface area contributed by atoms with Crippen molar-refractivity contribution in [3.05, 3.63) is 0 Å². The van der Waals surface area contributed by atoms with Crippen LogP contribution in [0.25, 0.3) is 0 Å². The fraction of sp³-hybridized carbons (Fsp3) is 0.889. The van der Waals surface area contributed by atoms with E-state index in [1.54, 1.807) is 11.8 Å². The van der Waals surface area contributed by atoms with Crippen LogP contribution in [-0.4, -0.2) is 65.4 Å². The van der Waals surface area contributed by atoms with Crippen molar-refractivity contribution in [3.63, 3.8) is 0 Å². The lowest BCUT2D eigenvalue weighted by Gasteiger charge is -2.24. The maximum atomic E-state index is 11.7. The third kappa shape index (κ3) is 5.99. The quantitative estimate of drug-likeness (QED) is 0.497. The lowest BCUT2D eigenvalue weighted by molar-refractivity contribution is -0.133. The average molecular weight is 236 g/mol. The van der Waals surface area contributed by atoms with Gasteiger partial charge < -0.3 is 20.8 Å². The second kappa shape index (κ2) is 8.96. The highest BCUT2D eigenvalue weighted by Gasteiger charge is 2.19. The second-order valence-electron chi connectivity index (χ2n) is 3.16. The largest absolute Gasteiger partial charge is 0.395 e. The normalized spacial score (nSPS) is 12.5. The van der Waals surface area contributed by atoms with Gasteiger partial charge in [0, 0.05) is 13.1 Å². The number of nitrogens with two attached hydrogens (primary N) is 1. The minimum Gasteiger partial charge on any atom is -0.395 e. The predicted molar refractivity (Wildman–Crippen MR) is 61.7 cm³/mol. The molecule has 0 saturated carbocycles. The molecule has 0 aromatic carbocycles. The van der Waals surface area contributed by atoms with Gasteiger partial charge in [-0.1, -0.05) is 0 Å². The zero-order valence-electron chi connectivity index (χ0n) is 9.06. The molecule has 0 aromatic rings. The summed E-state index contributed by atoms with van der Waals surface area (Å²) < 4.78 is 0. The van der Waals surface area contributed by atoms with Crippen LogP contribution in [-0.2, 0) is 4.79 Å². The Hall–Kier alpha value is -0.300. The Balaban J connectivity index is 4.08. The van der Waals surface area contributed by atoms with Gasteiger partial charge in [-0.3, -0.25) is 4.79 Å². The molecule has 0 bridgehead atoms. The van der Waals surface area contributed by atoms with Gasteiger partial charge in [0.05, 0.1) is 19.3 Å². The van der Waals surface area contributed by atoms with Crippen LogP contribution in [0, 0.1) is 0 Å². The lowest BCUT2D eigenvalue weighted by Crippen LogP contribution is -2.46. The average Bonchev–Trinajstić information content (AvgIpc) is 2.24. The van der Waals surface area contributed by atoms with E-state index >= 15 is 0 Å². The topological polar surface area (TPSA) is 86.8 Å². The standard InChI is InChI=1S/C9H20N2O3S/c1-15-7-2-8(10)9(14)11(3-5-12)4-6-13/h8,12-13H,2-7,10H2,1H3/t8-/m0/s1. The van der Waals surface area contributed by atoms with Gasteiger partial charge >= 0.3 is 0 Å². The van der Waals surface area contributed by atoms with Crippen molar-refractivity contribution in [1.82, 2.24) is 4.90 Å². The Kier molecular flexibility index (Phi) is 8.79. The summed E-state index contributed by atoms with van der Waals surface area (Å²) in [7, 11) is 0. The molecule has 5 nitrogen and oxygen atoms in total. The van der Waals surface area contributed by atoms with Gasteiger partial charge in [-0.25, -0.2) is 0 Å². The molecule has 0 fully saturated rings. The van der Waals surface area contributed by atoms with E-state index in [2.05, 4.69) is 0 Å². The Morgan fingerprint density at radius 3 is 2.33 bits per heavy atom. The summed E-state index contributed by atoms with van der Waals surface area (Å²) in [4.78, 5) is 13.1. The molecule has 90 valence electrons. The summed E-state index contributed by atoms with van der Waals surface area (Å²) in [6.07, 6.45) is 2.57. The van der Waals surface area contributed by atoms with Gasteiger partial charge in [0.15, 0.2) is 0 Å². The van der Waals surface area contributed by atoms with Crippen LogP contribution in [0.5, 0.6) is 0 Å². The first-order valence-electron chi connectivity index (χ1n) is 4.92. The zero-order chi connectivity index (χ0) is 11.7.